The van der Waals surface area contributed by atoms with Gasteiger partial charge in [-0.15, -0.1) is 35.3 Å². The van der Waals surface area contributed by atoms with Gasteiger partial charge in [0.15, 0.2) is 10.9 Å². The van der Waals surface area contributed by atoms with E-state index in [1.54, 1.807) is 11.3 Å². The molecule has 0 spiro atoms. The van der Waals surface area contributed by atoms with Crippen molar-refractivity contribution in [1.29, 1.82) is 0 Å². The summed E-state index contributed by atoms with van der Waals surface area (Å²) in [6.45, 7) is 7.67. The Bertz CT molecular complexity index is 936. The number of nitrogens with one attached hydrogen (secondary N) is 2. The fourth-order valence-electron chi connectivity index (χ4n) is 3.43. The van der Waals surface area contributed by atoms with Crippen LogP contribution in [-0.2, 0) is 6.54 Å². The third-order valence-corrected chi connectivity index (χ3v) is 5.34. The number of halogens is 1. The van der Waals surface area contributed by atoms with Crippen LogP contribution in [0.1, 0.15) is 44.5 Å². The van der Waals surface area contributed by atoms with Crippen molar-refractivity contribution in [2.24, 2.45) is 4.99 Å². The Morgan fingerprint density at radius 2 is 2.21 bits per heavy atom. The zero-order valence-corrected chi connectivity index (χ0v) is 19.5. The number of para-hydroxylation sites is 1. The molecule has 0 amide bonds. The summed E-state index contributed by atoms with van der Waals surface area (Å²) in [4.78, 5) is 10.4. The number of fused-ring (bicyclic) bond motifs is 2. The van der Waals surface area contributed by atoms with Crippen LogP contribution in [-0.4, -0.2) is 27.5 Å². The van der Waals surface area contributed by atoms with Crippen molar-refractivity contribution >= 4 is 46.2 Å². The van der Waals surface area contributed by atoms with Crippen LogP contribution in [0, 0.1) is 0 Å². The summed E-state index contributed by atoms with van der Waals surface area (Å²) in [6.07, 6.45) is 4.92. The minimum Gasteiger partial charge on any atom is -0.487 e. The van der Waals surface area contributed by atoms with Gasteiger partial charge in [-0.2, -0.15) is 0 Å². The molecule has 4 rings (SSSR count). The molecule has 0 aliphatic carbocycles. The van der Waals surface area contributed by atoms with Crippen molar-refractivity contribution in [3.8, 4) is 5.75 Å². The highest BCUT2D eigenvalue weighted by Crippen LogP contribution is 2.39. The zero-order valence-electron chi connectivity index (χ0n) is 16.3. The van der Waals surface area contributed by atoms with E-state index in [1.807, 2.05) is 34.3 Å². The van der Waals surface area contributed by atoms with Crippen LogP contribution in [0.15, 0.2) is 47.0 Å². The Morgan fingerprint density at radius 1 is 1.39 bits per heavy atom. The molecule has 0 saturated heterocycles. The summed E-state index contributed by atoms with van der Waals surface area (Å²) in [7, 11) is 0. The first-order valence-electron chi connectivity index (χ1n) is 9.28. The maximum absolute atomic E-state index is 6.13. The van der Waals surface area contributed by atoms with Crippen molar-refractivity contribution in [1.82, 2.24) is 20.0 Å². The van der Waals surface area contributed by atoms with Gasteiger partial charge in [0.05, 0.1) is 18.3 Å². The molecule has 1 aliphatic heterocycles. The lowest BCUT2D eigenvalue weighted by Crippen LogP contribution is -2.45. The maximum atomic E-state index is 6.13. The molecule has 3 aromatic rings. The van der Waals surface area contributed by atoms with Gasteiger partial charge in [-0.3, -0.25) is 4.40 Å². The monoisotopic (exact) mass is 511 g/mol. The summed E-state index contributed by atoms with van der Waals surface area (Å²) in [5, 5.41) is 8.98. The molecule has 2 N–H and O–H groups in total. The van der Waals surface area contributed by atoms with Gasteiger partial charge in [0.25, 0.3) is 0 Å². The van der Waals surface area contributed by atoms with Crippen molar-refractivity contribution < 1.29 is 4.74 Å². The van der Waals surface area contributed by atoms with Crippen LogP contribution >= 0.6 is 35.3 Å². The summed E-state index contributed by atoms with van der Waals surface area (Å²) >= 11 is 1.63. The van der Waals surface area contributed by atoms with E-state index in [1.165, 1.54) is 5.56 Å². The lowest BCUT2D eigenvalue weighted by Gasteiger charge is -2.38. The van der Waals surface area contributed by atoms with Gasteiger partial charge in [0, 0.05) is 36.3 Å². The summed E-state index contributed by atoms with van der Waals surface area (Å²) in [5.74, 6) is 1.74. The van der Waals surface area contributed by atoms with Crippen LogP contribution < -0.4 is 15.4 Å². The van der Waals surface area contributed by atoms with Crippen LogP contribution in [0.2, 0.25) is 0 Å². The SMILES string of the molecule is CCNC(=NCc1cn2ccsc2n1)NC1CC(C)(C)Oc2ccccc21.I. The molecule has 1 aliphatic rings. The minimum absolute atomic E-state index is 0. The molecule has 6 nitrogen and oxygen atoms in total. The predicted molar refractivity (Wildman–Crippen MR) is 125 cm³/mol. The quantitative estimate of drug-likeness (QED) is 0.310. The van der Waals surface area contributed by atoms with E-state index in [2.05, 4.69) is 48.5 Å². The van der Waals surface area contributed by atoms with Crippen molar-refractivity contribution in [3.63, 3.8) is 0 Å². The molecule has 2 aromatic heterocycles. The average Bonchev–Trinajstić information content (AvgIpc) is 3.20. The Morgan fingerprint density at radius 3 is 3.00 bits per heavy atom. The van der Waals surface area contributed by atoms with E-state index >= 15 is 0 Å². The van der Waals surface area contributed by atoms with Gasteiger partial charge in [-0.05, 0) is 26.8 Å². The Balaban J connectivity index is 0.00000225. The summed E-state index contributed by atoms with van der Waals surface area (Å²) < 4.78 is 8.17. The smallest absolute Gasteiger partial charge is 0.193 e. The normalized spacial score (nSPS) is 18.1. The molecule has 28 heavy (non-hydrogen) atoms. The van der Waals surface area contributed by atoms with E-state index in [0.29, 0.717) is 6.54 Å². The predicted octanol–water partition coefficient (Wildman–Crippen LogP) is 4.37. The zero-order chi connectivity index (χ0) is 18.9. The summed E-state index contributed by atoms with van der Waals surface area (Å²) in [6, 6.07) is 8.37. The minimum atomic E-state index is -0.225. The number of ether oxygens (including phenoxy) is 1. The van der Waals surface area contributed by atoms with E-state index in [9.17, 15) is 0 Å². The number of hydrogen-bond acceptors (Lipinski definition) is 4. The number of hydrogen-bond donors (Lipinski definition) is 2. The average molecular weight is 511 g/mol. The second kappa shape index (κ2) is 8.69. The Hall–Kier alpha value is -1.81. The number of rotatable bonds is 4. The fraction of sp³-hybridized carbons (Fsp3) is 0.400. The van der Waals surface area contributed by atoms with Crippen LogP contribution in [0.5, 0.6) is 5.75 Å². The van der Waals surface area contributed by atoms with Gasteiger partial charge in [-0.25, -0.2) is 9.98 Å². The standard InChI is InChI=1S/C20H25N5OS.HI/c1-4-21-18(22-12-14-13-25-9-10-27-19(25)23-14)24-16-11-20(2,3)26-17-8-6-5-7-15(16)17;/h5-10,13,16H,4,11-12H2,1-3H3,(H2,21,22,24);1H. The highest BCUT2D eigenvalue weighted by molar-refractivity contribution is 14.0. The van der Waals surface area contributed by atoms with Crippen LogP contribution in [0.4, 0.5) is 0 Å². The topological polar surface area (TPSA) is 63.0 Å². The largest absolute Gasteiger partial charge is 0.487 e. The molecule has 8 heteroatoms. The van der Waals surface area contributed by atoms with Gasteiger partial charge in [0.2, 0.25) is 0 Å². The van der Waals surface area contributed by atoms with E-state index in [-0.39, 0.29) is 35.6 Å². The van der Waals surface area contributed by atoms with Crippen molar-refractivity contribution in [3.05, 3.63) is 53.3 Å². The molecule has 1 aromatic carbocycles. The molecule has 3 heterocycles. The maximum Gasteiger partial charge on any atom is 0.193 e. The fourth-order valence-corrected chi connectivity index (χ4v) is 4.15. The van der Waals surface area contributed by atoms with Gasteiger partial charge >= 0.3 is 0 Å². The second-order valence-corrected chi connectivity index (χ2v) is 8.19. The highest BCUT2D eigenvalue weighted by atomic mass is 127. The number of aliphatic imine (C=N–C) groups is 1. The highest BCUT2D eigenvalue weighted by Gasteiger charge is 2.33. The number of aromatic nitrogens is 2. The Labute approximate surface area is 186 Å². The first-order valence-corrected chi connectivity index (χ1v) is 10.2. The molecular formula is C20H26IN5OS. The third kappa shape index (κ3) is 4.60. The molecule has 1 atom stereocenters. The first kappa shape index (κ1) is 20.9. The molecule has 150 valence electrons. The van der Waals surface area contributed by atoms with E-state index in [0.717, 1.165) is 35.3 Å². The Kier molecular flexibility index (Phi) is 6.49. The molecular weight excluding hydrogens is 485 g/mol. The number of nitrogens with zero attached hydrogens (tertiary/aromatic N) is 3. The van der Waals surface area contributed by atoms with Gasteiger partial charge in [0.1, 0.15) is 11.4 Å². The molecule has 0 radical (unpaired) electrons. The number of imidazole rings is 1. The lowest BCUT2D eigenvalue weighted by atomic mass is 9.90. The summed E-state index contributed by atoms with van der Waals surface area (Å²) in [5.41, 5.74) is 1.91. The van der Waals surface area contributed by atoms with Crippen molar-refractivity contribution in [2.75, 3.05) is 6.54 Å². The van der Waals surface area contributed by atoms with Gasteiger partial charge in [-0.1, -0.05) is 18.2 Å². The molecule has 1 unspecified atom stereocenters. The number of benzene rings is 1. The van der Waals surface area contributed by atoms with E-state index < -0.39 is 0 Å². The first-order chi connectivity index (χ1) is 13.0. The number of guanidine groups is 1. The van der Waals surface area contributed by atoms with Gasteiger partial charge < -0.3 is 15.4 Å². The lowest BCUT2D eigenvalue weighted by molar-refractivity contribution is 0.0694. The second-order valence-electron chi connectivity index (χ2n) is 7.32. The third-order valence-electron chi connectivity index (χ3n) is 4.57. The number of thiazole rings is 1. The van der Waals surface area contributed by atoms with E-state index in [4.69, 9.17) is 9.73 Å². The molecule has 0 bridgehead atoms. The van der Waals surface area contributed by atoms with Crippen molar-refractivity contribution in [2.45, 2.75) is 45.4 Å². The van der Waals surface area contributed by atoms with Crippen LogP contribution in [0.3, 0.4) is 0 Å². The molecule has 0 fully saturated rings. The molecule has 0 saturated carbocycles. The van der Waals surface area contributed by atoms with Crippen LogP contribution in [0.25, 0.3) is 4.96 Å².